The van der Waals surface area contributed by atoms with E-state index in [9.17, 15) is 19.8 Å². The summed E-state index contributed by atoms with van der Waals surface area (Å²) in [6, 6.07) is 14.6. The number of hydrogen-bond acceptors (Lipinski definition) is 7. The molecule has 0 amide bonds. The van der Waals surface area contributed by atoms with Crippen molar-refractivity contribution in [1.29, 1.82) is 0 Å². The zero-order valence-corrected chi connectivity index (χ0v) is 21.2. The molecule has 5 nitrogen and oxygen atoms in total. The zero-order chi connectivity index (χ0) is 24.3. The van der Waals surface area contributed by atoms with Crippen LogP contribution in [0.5, 0.6) is 0 Å². The standard InChI is InChI=1S/C27H34O5S2/c1-32-26(31)18-33-13-4-14-34-27-24(22(17-28)16-25(27)30)12-11-23(29)10-8-19-7-9-20-5-2-3-6-21(20)15-19/h2-3,5-7,9,11-12,15,22-24,27-29H,4,8,10,13-14,16-18H2,1H3/b12-11+/t22?,23-,24?,27+/m0/s1. The second kappa shape index (κ2) is 13.9. The maximum atomic E-state index is 12.6. The molecule has 2 aromatic rings. The molecular formula is C27H34O5S2. The summed E-state index contributed by atoms with van der Waals surface area (Å²) >= 11 is 3.16. The van der Waals surface area contributed by atoms with Gasteiger partial charge in [-0.2, -0.15) is 11.8 Å². The molecule has 3 rings (SSSR count). The van der Waals surface area contributed by atoms with E-state index >= 15 is 0 Å². The number of benzene rings is 2. The van der Waals surface area contributed by atoms with Gasteiger partial charge in [-0.25, -0.2) is 0 Å². The summed E-state index contributed by atoms with van der Waals surface area (Å²) in [4.78, 5) is 23.7. The molecule has 0 radical (unpaired) electrons. The van der Waals surface area contributed by atoms with E-state index in [-0.39, 0.29) is 35.4 Å². The third-order valence-corrected chi connectivity index (χ3v) is 8.66. The van der Waals surface area contributed by atoms with E-state index in [2.05, 4.69) is 35.1 Å². The number of aryl methyl sites for hydroxylation is 1. The van der Waals surface area contributed by atoms with Crippen LogP contribution < -0.4 is 0 Å². The zero-order valence-electron chi connectivity index (χ0n) is 19.6. The molecule has 0 bridgehead atoms. The lowest BCUT2D eigenvalue weighted by molar-refractivity contribution is -0.137. The minimum absolute atomic E-state index is 0.0278. The monoisotopic (exact) mass is 502 g/mol. The number of ketones is 1. The Kier molecular flexibility index (Phi) is 11.0. The summed E-state index contributed by atoms with van der Waals surface area (Å²) in [5.74, 6) is 1.78. The van der Waals surface area contributed by atoms with Gasteiger partial charge in [0.05, 0.1) is 24.2 Å². The van der Waals surface area contributed by atoms with Crippen molar-refractivity contribution < 1.29 is 24.5 Å². The van der Waals surface area contributed by atoms with Crippen molar-refractivity contribution in [3.63, 3.8) is 0 Å². The van der Waals surface area contributed by atoms with Gasteiger partial charge in [0, 0.05) is 18.9 Å². The Hall–Kier alpha value is -1.80. The number of ether oxygens (including phenoxy) is 1. The van der Waals surface area contributed by atoms with Gasteiger partial charge in [0.1, 0.15) is 5.78 Å². The second-order valence-electron chi connectivity index (χ2n) is 8.64. The van der Waals surface area contributed by atoms with Gasteiger partial charge in [0.2, 0.25) is 0 Å². The normalized spacial score (nSPS) is 21.4. The summed E-state index contributed by atoms with van der Waals surface area (Å²) < 4.78 is 4.63. The average molecular weight is 503 g/mol. The fourth-order valence-electron chi connectivity index (χ4n) is 4.27. The van der Waals surface area contributed by atoms with E-state index in [0.717, 1.165) is 24.3 Å². The van der Waals surface area contributed by atoms with Crippen molar-refractivity contribution >= 4 is 46.0 Å². The van der Waals surface area contributed by atoms with Crippen molar-refractivity contribution in [2.24, 2.45) is 11.8 Å². The number of fused-ring (bicyclic) bond motifs is 1. The highest BCUT2D eigenvalue weighted by Gasteiger charge is 2.40. The van der Waals surface area contributed by atoms with Gasteiger partial charge < -0.3 is 14.9 Å². The molecule has 2 N–H and O–H groups in total. The van der Waals surface area contributed by atoms with Crippen LogP contribution in [0.15, 0.2) is 54.6 Å². The minimum atomic E-state index is -0.595. The van der Waals surface area contributed by atoms with Crippen LogP contribution in [-0.4, -0.2) is 64.3 Å². The molecule has 0 heterocycles. The van der Waals surface area contributed by atoms with E-state index in [0.29, 0.717) is 18.6 Å². The van der Waals surface area contributed by atoms with Gasteiger partial charge in [-0.05, 0) is 53.0 Å². The number of thioether (sulfide) groups is 2. The maximum Gasteiger partial charge on any atom is 0.315 e. The molecule has 0 spiro atoms. The number of hydrogen-bond donors (Lipinski definition) is 2. The van der Waals surface area contributed by atoms with Gasteiger partial charge in [-0.15, -0.1) is 11.8 Å². The summed E-state index contributed by atoms with van der Waals surface area (Å²) in [6.45, 7) is -0.0278. The molecule has 2 unspecified atom stereocenters. The van der Waals surface area contributed by atoms with Crippen molar-refractivity contribution in [2.45, 2.75) is 37.0 Å². The number of methoxy groups -OCH3 is 1. The third kappa shape index (κ3) is 7.87. The number of carbonyl (C=O) groups is 2. The number of aliphatic hydroxyl groups excluding tert-OH is 2. The van der Waals surface area contributed by atoms with E-state index in [4.69, 9.17) is 0 Å². The predicted molar refractivity (Wildman–Crippen MR) is 141 cm³/mol. The van der Waals surface area contributed by atoms with E-state index in [1.807, 2.05) is 18.2 Å². The molecule has 2 aromatic carbocycles. The molecule has 184 valence electrons. The fraction of sp³-hybridized carbons (Fsp3) is 0.481. The highest BCUT2D eigenvalue weighted by molar-refractivity contribution is 8.01. The lowest BCUT2D eigenvalue weighted by Crippen LogP contribution is -2.21. The van der Waals surface area contributed by atoms with E-state index < -0.39 is 6.10 Å². The van der Waals surface area contributed by atoms with E-state index in [1.54, 1.807) is 17.8 Å². The Morgan fingerprint density at radius 3 is 2.76 bits per heavy atom. The van der Waals surface area contributed by atoms with Crippen LogP contribution in [0.2, 0.25) is 0 Å². The Balaban J connectivity index is 1.48. The molecule has 0 aromatic heterocycles. The fourth-order valence-corrected chi connectivity index (χ4v) is 6.61. The summed E-state index contributed by atoms with van der Waals surface area (Å²) in [5, 5.41) is 22.6. The molecule has 4 atom stereocenters. The summed E-state index contributed by atoms with van der Waals surface area (Å²) in [6.07, 6.45) is 5.80. The molecule has 34 heavy (non-hydrogen) atoms. The Morgan fingerprint density at radius 1 is 1.21 bits per heavy atom. The third-order valence-electron chi connectivity index (χ3n) is 6.19. The van der Waals surface area contributed by atoms with Gasteiger partial charge in [0.25, 0.3) is 0 Å². The SMILES string of the molecule is COC(=O)CSCCCS[C@H]1C(=O)CC(CO)C1/C=C/[C@@H](O)CCc1ccc2ccccc2c1. The molecule has 1 saturated carbocycles. The van der Waals surface area contributed by atoms with Gasteiger partial charge in [-0.1, -0.05) is 54.6 Å². The van der Waals surface area contributed by atoms with Crippen molar-refractivity contribution in [3.05, 3.63) is 60.2 Å². The van der Waals surface area contributed by atoms with Crippen LogP contribution >= 0.6 is 23.5 Å². The Labute approximate surface area is 210 Å². The lowest BCUT2D eigenvalue weighted by atomic mass is 9.95. The highest BCUT2D eigenvalue weighted by Crippen LogP contribution is 2.38. The van der Waals surface area contributed by atoms with Crippen molar-refractivity contribution in [3.8, 4) is 0 Å². The number of rotatable bonds is 13. The smallest absolute Gasteiger partial charge is 0.315 e. The predicted octanol–water partition coefficient (Wildman–Crippen LogP) is 4.29. The van der Waals surface area contributed by atoms with Gasteiger partial charge in [0.15, 0.2) is 0 Å². The Bertz CT molecular complexity index is 976. The highest BCUT2D eigenvalue weighted by atomic mass is 32.2. The Morgan fingerprint density at radius 2 is 2.00 bits per heavy atom. The topological polar surface area (TPSA) is 83.8 Å². The largest absolute Gasteiger partial charge is 0.468 e. The first-order valence-electron chi connectivity index (χ1n) is 11.8. The van der Waals surface area contributed by atoms with Crippen LogP contribution in [0, 0.1) is 11.8 Å². The van der Waals surface area contributed by atoms with Crippen molar-refractivity contribution in [1.82, 2.24) is 0 Å². The molecule has 1 aliphatic rings. The number of esters is 1. The first-order chi connectivity index (χ1) is 16.5. The van der Waals surface area contributed by atoms with Crippen LogP contribution in [0.3, 0.4) is 0 Å². The van der Waals surface area contributed by atoms with Gasteiger partial charge >= 0.3 is 5.97 Å². The van der Waals surface area contributed by atoms with Crippen LogP contribution in [-0.2, 0) is 20.7 Å². The summed E-state index contributed by atoms with van der Waals surface area (Å²) in [5.41, 5.74) is 1.19. The number of carbonyl (C=O) groups excluding carboxylic acids is 2. The average Bonchev–Trinajstić information content (AvgIpc) is 3.17. The first-order valence-corrected chi connectivity index (χ1v) is 14.0. The number of allylic oxidation sites excluding steroid dienone is 1. The minimum Gasteiger partial charge on any atom is -0.468 e. The molecule has 7 heteroatoms. The number of Topliss-reactive ketones (excluding diaryl/α,β-unsaturated/α-hetero) is 1. The molecule has 1 aliphatic carbocycles. The molecule has 0 saturated heterocycles. The van der Waals surface area contributed by atoms with E-state index in [1.165, 1.54) is 35.2 Å². The van der Waals surface area contributed by atoms with Crippen LogP contribution in [0.1, 0.15) is 24.8 Å². The summed E-state index contributed by atoms with van der Waals surface area (Å²) in [7, 11) is 1.38. The molecule has 0 aliphatic heterocycles. The number of aliphatic hydroxyl groups is 2. The van der Waals surface area contributed by atoms with Crippen LogP contribution in [0.4, 0.5) is 0 Å². The molecular weight excluding hydrogens is 468 g/mol. The maximum absolute atomic E-state index is 12.6. The molecule has 1 fully saturated rings. The van der Waals surface area contributed by atoms with Crippen molar-refractivity contribution in [2.75, 3.05) is 31.0 Å². The van der Waals surface area contributed by atoms with Crippen LogP contribution in [0.25, 0.3) is 10.8 Å². The quantitative estimate of drug-likeness (QED) is 0.240. The second-order valence-corrected chi connectivity index (χ2v) is 11.0. The lowest BCUT2D eigenvalue weighted by Gasteiger charge is -2.19. The van der Waals surface area contributed by atoms with Gasteiger partial charge in [-0.3, -0.25) is 9.59 Å². The first kappa shape index (κ1) is 26.8.